The number of carbonyl (C=O) groups is 1. The van der Waals surface area contributed by atoms with Gasteiger partial charge in [0.2, 0.25) is 0 Å². The van der Waals surface area contributed by atoms with E-state index in [0.717, 1.165) is 0 Å². The van der Waals surface area contributed by atoms with Crippen LogP contribution in [-0.4, -0.2) is 32.2 Å². The normalized spacial score (nSPS) is 11.1. The summed E-state index contributed by atoms with van der Waals surface area (Å²) in [5, 5.41) is 21.6. The molecule has 1 heterocycles. The van der Waals surface area contributed by atoms with E-state index in [2.05, 4.69) is 10.1 Å². The number of carboxylic acids is 1. The lowest BCUT2D eigenvalue weighted by molar-refractivity contribution is 0.0694. The van der Waals surface area contributed by atoms with E-state index in [1.54, 1.807) is 19.1 Å². The molecule has 0 aliphatic heterocycles. The Morgan fingerprint density at radius 2 is 1.92 bits per heavy atom. The molecule has 25 heavy (non-hydrogen) atoms. The van der Waals surface area contributed by atoms with Crippen molar-refractivity contribution in [2.45, 2.75) is 6.92 Å². The summed E-state index contributed by atoms with van der Waals surface area (Å²) in [6, 6.07) is 13.1. The number of phenols is 1. The Bertz CT molecular complexity index is 1020. The Labute approximate surface area is 142 Å². The minimum atomic E-state index is -1.22. The Morgan fingerprint density at radius 1 is 1.20 bits per heavy atom. The number of hydrogen-bond donors (Lipinski definition) is 3. The minimum Gasteiger partial charge on any atom is -0.507 e. The van der Waals surface area contributed by atoms with E-state index in [0.29, 0.717) is 22.6 Å². The van der Waals surface area contributed by atoms with Gasteiger partial charge < -0.3 is 10.2 Å². The van der Waals surface area contributed by atoms with Crippen LogP contribution in [-0.2, 0) is 0 Å². The smallest absolute Gasteiger partial charge is 0.339 e. The largest absolute Gasteiger partial charge is 0.507 e. The summed E-state index contributed by atoms with van der Waals surface area (Å²) < 4.78 is 1.42. The number of rotatable bonds is 4. The van der Waals surface area contributed by atoms with Crippen LogP contribution in [0.25, 0.3) is 5.69 Å². The van der Waals surface area contributed by atoms with Crippen molar-refractivity contribution in [2.24, 2.45) is 4.99 Å². The highest BCUT2D eigenvalue weighted by Crippen LogP contribution is 2.23. The van der Waals surface area contributed by atoms with Crippen LogP contribution < -0.4 is 5.56 Å². The summed E-state index contributed by atoms with van der Waals surface area (Å²) in [6.45, 7) is 1.76. The first-order valence-electron chi connectivity index (χ1n) is 7.45. The Balaban J connectivity index is 1.95. The van der Waals surface area contributed by atoms with Gasteiger partial charge >= 0.3 is 5.97 Å². The third-order valence-corrected chi connectivity index (χ3v) is 3.69. The molecule has 2 aromatic carbocycles. The monoisotopic (exact) mass is 337 g/mol. The molecule has 126 valence electrons. The third-order valence-electron chi connectivity index (χ3n) is 3.69. The fraction of sp³-hybridized carbons (Fsp3) is 0.0556. The minimum absolute atomic E-state index is 0.205. The van der Waals surface area contributed by atoms with Gasteiger partial charge in [-0.15, -0.1) is 0 Å². The van der Waals surface area contributed by atoms with Gasteiger partial charge in [-0.25, -0.2) is 9.48 Å². The summed E-state index contributed by atoms with van der Waals surface area (Å²) in [5.74, 6) is -1.60. The molecule has 0 unspecified atom stereocenters. The molecule has 0 saturated heterocycles. The molecule has 0 saturated carbocycles. The highest BCUT2D eigenvalue weighted by Gasteiger charge is 2.11. The van der Waals surface area contributed by atoms with Crippen LogP contribution in [0.5, 0.6) is 5.75 Å². The van der Waals surface area contributed by atoms with Gasteiger partial charge in [0.05, 0.1) is 16.9 Å². The van der Waals surface area contributed by atoms with Gasteiger partial charge in [0, 0.05) is 18.0 Å². The molecule has 0 spiro atoms. The zero-order chi connectivity index (χ0) is 18.0. The zero-order valence-electron chi connectivity index (χ0n) is 13.3. The lowest BCUT2D eigenvalue weighted by atomic mass is 10.2. The summed E-state index contributed by atoms with van der Waals surface area (Å²) in [7, 11) is 0. The van der Waals surface area contributed by atoms with Gasteiger partial charge in [-0.05, 0) is 31.2 Å². The number of aryl methyl sites for hydroxylation is 1. The number of aromatic hydroxyl groups is 1. The van der Waals surface area contributed by atoms with Gasteiger partial charge in [-0.3, -0.25) is 14.9 Å². The van der Waals surface area contributed by atoms with Crippen LogP contribution in [0.4, 0.5) is 5.69 Å². The van der Waals surface area contributed by atoms with Crippen LogP contribution in [0.3, 0.4) is 0 Å². The molecule has 7 nitrogen and oxygen atoms in total. The predicted molar refractivity (Wildman–Crippen MR) is 93.4 cm³/mol. The molecule has 0 aliphatic carbocycles. The summed E-state index contributed by atoms with van der Waals surface area (Å²) in [6.07, 6.45) is 1.39. The molecule has 7 heteroatoms. The lowest BCUT2D eigenvalue weighted by Gasteiger charge is -2.00. The van der Waals surface area contributed by atoms with E-state index in [1.165, 1.54) is 29.1 Å². The number of aliphatic imine (C=N–C) groups is 1. The molecule has 1 aromatic heterocycles. The van der Waals surface area contributed by atoms with Crippen molar-refractivity contribution in [3.8, 4) is 11.4 Å². The molecule has 3 N–H and O–H groups in total. The topological polar surface area (TPSA) is 108 Å². The van der Waals surface area contributed by atoms with Gasteiger partial charge in [-0.1, -0.05) is 18.2 Å². The maximum absolute atomic E-state index is 12.5. The highest BCUT2D eigenvalue weighted by molar-refractivity contribution is 5.91. The van der Waals surface area contributed by atoms with E-state index in [4.69, 9.17) is 5.11 Å². The van der Waals surface area contributed by atoms with Gasteiger partial charge in [0.25, 0.3) is 5.56 Å². The molecule has 0 bridgehead atoms. The summed E-state index contributed by atoms with van der Waals surface area (Å²) in [5.41, 5.74) is 1.61. The number of nitrogens with zero attached hydrogens (tertiary/aromatic N) is 2. The molecule has 0 aliphatic rings. The van der Waals surface area contributed by atoms with Crippen molar-refractivity contribution in [1.82, 2.24) is 9.78 Å². The molecule has 3 rings (SSSR count). The molecule has 0 radical (unpaired) electrons. The predicted octanol–water partition coefficient (Wildman–Crippen LogP) is 2.63. The number of aromatic amines is 1. The van der Waals surface area contributed by atoms with Crippen LogP contribution in [0, 0.1) is 6.92 Å². The van der Waals surface area contributed by atoms with E-state index in [1.807, 2.05) is 18.2 Å². The van der Waals surface area contributed by atoms with Crippen molar-refractivity contribution in [2.75, 3.05) is 0 Å². The SMILES string of the molecule is Cc1[nH]n(-c2ccccc2)c(=O)c1C=Nc1ccc(C(=O)O)c(O)c1. The number of carboxylic acid groups (broad SMARTS) is 1. The fourth-order valence-electron chi connectivity index (χ4n) is 2.39. The molecule has 0 atom stereocenters. The maximum Gasteiger partial charge on any atom is 0.339 e. The average Bonchev–Trinajstić information content (AvgIpc) is 2.88. The molecule has 0 amide bonds. The van der Waals surface area contributed by atoms with Crippen LogP contribution in [0.2, 0.25) is 0 Å². The highest BCUT2D eigenvalue weighted by atomic mass is 16.4. The molecule has 3 aromatic rings. The number of para-hydroxylation sites is 1. The first-order chi connectivity index (χ1) is 12.0. The average molecular weight is 337 g/mol. The van der Waals surface area contributed by atoms with E-state index >= 15 is 0 Å². The van der Waals surface area contributed by atoms with Crippen LogP contribution in [0.15, 0.2) is 58.3 Å². The maximum atomic E-state index is 12.5. The van der Waals surface area contributed by atoms with Crippen molar-refractivity contribution >= 4 is 17.9 Å². The number of aromatic carboxylic acids is 1. The number of aromatic nitrogens is 2. The Kier molecular flexibility index (Phi) is 4.21. The standard InChI is InChI=1S/C18H15N3O4/c1-11-15(17(23)21(20-11)13-5-3-2-4-6-13)10-19-12-7-8-14(18(24)25)16(22)9-12/h2-10,20,22H,1H3,(H,24,25). The summed E-state index contributed by atoms with van der Waals surface area (Å²) >= 11 is 0. The van der Waals surface area contributed by atoms with Crippen molar-refractivity contribution in [3.05, 3.63) is 75.7 Å². The summed E-state index contributed by atoms with van der Waals surface area (Å²) in [4.78, 5) is 27.6. The second-order valence-corrected chi connectivity index (χ2v) is 5.39. The van der Waals surface area contributed by atoms with Gasteiger partial charge in [0.1, 0.15) is 11.3 Å². The second kappa shape index (κ2) is 6.48. The van der Waals surface area contributed by atoms with E-state index in [-0.39, 0.29) is 16.9 Å². The number of benzene rings is 2. The third kappa shape index (κ3) is 3.20. The Hall–Kier alpha value is -3.61. The first kappa shape index (κ1) is 16.3. The zero-order valence-corrected chi connectivity index (χ0v) is 13.3. The second-order valence-electron chi connectivity index (χ2n) is 5.39. The van der Waals surface area contributed by atoms with Crippen molar-refractivity contribution in [1.29, 1.82) is 0 Å². The molecular formula is C18H15N3O4. The van der Waals surface area contributed by atoms with Gasteiger partial charge in [-0.2, -0.15) is 0 Å². The quantitative estimate of drug-likeness (QED) is 0.636. The number of nitrogens with one attached hydrogen (secondary N) is 1. The fourth-order valence-corrected chi connectivity index (χ4v) is 2.39. The number of hydrogen-bond acceptors (Lipinski definition) is 4. The number of H-pyrrole nitrogens is 1. The van der Waals surface area contributed by atoms with E-state index < -0.39 is 5.97 Å². The van der Waals surface area contributed by atoms with E-state index in [9.17, 15) is 14.7 Å². The van der Waals surface area contributed by atoms with Crippen molar-refractivity contribution < 1.29 is 15.0 Å². The Morgan fingerprint density at radius 3 is 2.56 bits per heavy atom. The van der Waals surface area contributed by atoms with Crippen LogP contribution in [0.1, 0.15) is 21.6 Å². The van der Waals surface area contributed by atoms with Gasteiger partial charge in [0.15, 0.2) is 0 Å². The lowest BCUT2D eigenvalue weighted by Crippen LogP contribution is -2.17. The first-order valence-corrected chi connectivity index (χ1v) is 7.45. The molecule has 0 fully saturated rings. The van der Waals surface area contributed by atoms with Crippen LogP contribution >= 0.6 is 0 Å². The van der Waals surface area contributed by atoms with Crippen molar-refractivity contribution in [3.63, 3.8) is 0 Å². The molecular weight excluding hydrogens is 322 g/mol.